The number of rotatable bonds is 5. The number of H-pyrrole nitrogens is 1. The van der Waals surface area contributed by atoms with Crippen LogP contribution in [0.25, 0.3) is 110 Å². The second-order valence-corrected chi connectivity index (χ2v) is 15.0. The molecule has 57 heavy (non-hydrogen) atoms. The molecule has 0 saturated heterocycles. The first kappa shape index (κ1) is 31.7. The minimum absolute atomic E-state index is 1.15. The van der Waals surface area contributed by atoms with Gasteiger partial charge in [-0.15, -0.1) is 0 Å². The topological polar surface area (TPSA) is 25.6 Å². The van der Waals surface area contributed by atoms with E-state index in [1.165, 1.54) is 93.5 Å². The molecular weight excluding hydrogens is 691 g/mol. The summed E-state index contributed by atoms with van der Waals surface area (Å²) in [6, 6.07) is 75.1. The lowest BCUT2D eigenvalue weighted by Crippen LogP contribution is -1.93. The molecule has 3 nitrogen and oxygen atoms in total. The van der Waals surface area contributed by atoms with Gasteiger partial charge in [0.1, 0.15) is 0 Å². The fraction of sp³-hybridized carbons (Fsp3) is 0. The first-order valence-corrected chi connectivity index (χ1v) is 19.6. The van der Waals surface area contributed by atoms with Gasteiger partial charge in [-0.1, -0.05) is 133 Å². The summed E-state index contributed by atoms with van der Waals surface area (Å²) in [7, 11) is 0. The summed E-state index contributed by atoms with van der Waals surface area (Å²) in [5, 5.41) is 7.52. The Morgan fingerprint density at radius 2 is 0.737 bits per heavy atom. The van der Waals surface area contributed by atoms with Crippen LogP contribution in [0.1, 0.15) is 0 Å². The molecule has 0 fully saturated rings. The average molecular weight is 726 g/mol. The predicted octanol–water partition coefficient (Wildman–Crippen LogP) is 14.5. The van der Waals surface area contributed by atoms with E-state index in [2.05, 4.69) is 220 Å². The molecule has 3 heterocycles. The van der Waals surface area contributed by atoms with E-state index in [1.54, 1.807) is 0 Å². The molecule has 0 spiro atoms. The van der Waals surface area contributed by atoms with Gasteiger partial charge in [0.05, 0.1) is 27.6 Å². The summed E-state index contributed by atoms with van der Waals surface area (Å²) in [6.45, 7) is 0. The Labute approximate surface area is 329 Å². The third kappa shape index (κ3) is 4.92. The summed E-state index contributed by atoms with van der Waals surface area (Å²) >= 11 is 0. The van der Waals surface area contributed by atoms with E-state index in [9.17, 15) is 0 Å². The van der Waals surface area contributed by atoms with Crippen molar-refractivity contribution in [2.45, 2.75) is 0 Å². The minimum atomic E-state index is 1.15. The Bertz CT molecular complexity index is 3440. The minimum Gasteiger partial charge on any atom is -0.354 e. The highest BCUT2D eigenvalue weighted by atomic mass is 15.0. The van der Waals surface area contributed by atoms with Crippen molar-refractivity contribution in [1.29, 1.82) is 0 Å². The zero-order valence-corrected chi connectivity index (χ0v) is 31.0. The van der Waals surface area contributed by atoms with Crippen molar-refractivity contribution in [2.24, 2.45) is 0 Å². The third-order valence-electron chi connectivity index (χ3n) is 11.9. The number of hydrogen-bond acceptors (Lipinski definition) is 0. The maximum atomic E-state index is 3.78. The number of nitrogens with zero attached hydrogens (tertiary/aromatic N) is 2. The molecule has 1 N–H and O–H groups in total. The monoisotopic (exact) mass is 725 g/mol. The molecule has 0 aliphatic carbocycles. The molecule has 0 bridgehead atoms. The second kappa shape index (κ2) is 12.5. The average Bonchev–Trinajstić information content (AvgIpc) is 3.94. The predicted molar refractivity (Wildman–Crippen MR) is 241 cm³/mol. The van der Waals surface area contributed by atoms with E-state index >= 15 is 0 Å². The van der Waals surface area contributed by atoms with Crippen LogP contribution in [0.3, 0.4) is 0 Å². The number of nitrogens with one attached hydrogen (secondary N) is 1. The van der Waals surface area contributed by atoms with Gasteiger partial charge < -0.3 is 14.1 Å². The van der Waals surface area contributed by atoms with Crippen LogP contribution in [0.15, 0.2) is 206 Å². The summed E-state index contributed by atoms with van der Waals surface area (Å²) in [5.74, 6) is 0. The largest absolute Gasteiger partial charge is 0.354 e. The van der Waals surface area contributed by atoms with Crippen molar-refractivity contribution < 1.29 is 0 Å². The van der Waals surface area contributed by atoms with E-state index in [0.717, 1.165) is 16.7 Å². The summed E-state index contributed by atoms with van der Waals surface area (Å²) in [4.78, 5) is 3.78. The molecule has 0 amide bonds. The van der Waals surface area contributed by atoms with Crippen LogP contribution in [0, 0.1) is 0 Å². The van der Waals surface area contributed by atoms with Crippen molar-refractivity contribution >= 4 is 65.4 Å². The third-order valence-corrected chi connectivity index (χ3v) is 11.9. The fourth-order valence-corrected chi connectivity index (χ4v) is 9.20. The Morgan fingerprint density at radius 3 is 1.39 bits per heavy atom. The van der Waals surface area contributed by atoms with Crippen LogP contribution in [0.4, 0.5) is 0 Å². The van der Waals surface area contributed by atoms with Crippen molar-refractivity contribution in [1.82, 2.24) is 14.1 Å². The number of aromatic nitrogens is 3. The van der Waals surface area contributed by atoms with Crippen LogP contribution < -0.4 is 0 Å². The van der Waals surface area contributed by atoms with Crippen LogP contribution in [0.2, 0.25) is 0 Å². The van der Waals surface area contributed by atoms with Gasteiger partial charge in [-0.05, 0) is 101 Å². The van der Waals surface area contributed by atoms with E-state index in [-0.39, 0.29) is 0 Å². The molecule has 3 aromatic heterocycles. The molecule has 0 saturated carbocycles. The van der Waals surface area contributed by atoms with E-state index in [0.29, 0.717) is 0 Å². The first-order chi connectivity index (χ1) is 28.3. The normalized spacial score (nSPS) is 11.9. The lowest BCUT2D eigenvalue weighted by Gasteiger charge is -2.12. The number of fused-ring (bicyclic) bond motifs is 9. The molecule has 0 atom stereocenters. The van der Waals surface area contributed by atoms with Gasteiger partial charge >= 0.3 is 0 Å². The molecule has 266 valence electrons. The maximum absolute atomic E-state index is 3.78. The van der Waals surface area contributed by atoms with Crippen molar-refractivity contribution in [2.75, 3.05) is 0 Å². The van der Waals surface area contributed by atoms with Gasteiger partial charge in [-0.25, -0.2) is 0 Å². The van der Waals surface area contributed by atoms with E-state index in [4.69, 9.17) is 0 Å². The quantitative estimate of drug-likeness (QED) is 0.183. The molecule has 0 aliphatic rings. The lowest BCUT2D eigenvalue weighted by atomic mass is 9.94. The number of aromatic amines is 1. The van der Waals surface area contributed by atoms with Gasteiger partial charge in [0.25, 0.3) is 0 Å². The Kier molecular flexibility index (Phi) is 6.93. The fourth-order valence-electron chi connectivity index (χ4n) is 9.20. The van der Waals surface area contributed by atoms with Crippen LogP contribution in [-0.2, 0) is 0 Å². The summed E-state index contributed by atoms with van der Waals surface area (Å²) in [6.07, 6.45) is 0. The molecule has 0 radical (unpaired) electrons. The highest BCUT2D eigenvalue weighted by Gasteiger charge is 2.17. The smallest absolute Gasteiger partial charge is 0.0544 e. The Hall–Kier alpha value is -7.62. The first-order valence-electron chi connectivity index (χ1n) is 19.6. The Balaban J connectivity index is 0.957. The van der Waals surface area contributed by atoms with Crippen LogP contribution in [-0.4, -0.2) is 14.1 Å². The van der Waals surface area contributed by atoms with Crippen molar-refractivity contribution in [3.63, 3.8) is 0 Å². The van der Waals surface area contributed by atoms with Crippen LogP contribution in [0.5, 0.6) is 0 Å². The standard InChI is InChI=1S/C54H35N3/c1-2-12-40(13-3-1)56-52-21-11-7-17-45(52)47-32-38(28-31-53(47)56)35-22-24-36(25-23-35)39-33-46(54-48(34-39)42-14-4-8-18-49(42)55-54)37-26-29-41(30-27-37)57-50-19-9-5-15-43(50)44-16-6-10-20-51(44)57/h1-34,55H. The molecule has 12 rings (SSSR count). The summed E-state index contributed by atoms with van der Waals surface area (Å²) in [5.41, 5.74) is 16.7. The molecule has 0 unspecified atom stereocenters. The second-order valence-electron chi connectivity index (χ2n) is 15.0. The van der Waals surface area contributed by atoms with Gasteiger partial charge in [-0.3, -0.25) is 0 Å². The van der Waals surface area contributed by atoms with Gasteiger partial charge in [0.15, 0.2) is 0 Å². The van der Waals surface area contributed by atoms with Gasteiger partial charge in [0.2, 0.25) is 0 Å². The SMILES string of the molecule is c1ccc(-n2c3ccccc3c3cc(-c4ccc(-c5cc(-c6ccc(-n7c8ccccc8c8ccccc87)cc6)c6[nH]c7ccccc7c6c5)cc4)ccc32)cc1. The van der Waals surface area contributed by atoms with Gasteiger partial charge in [-0.2, -0.15) is 0 Å². The number of benzene rings is 9. The number of hydrogen-bond donors (Lipinski definition) is 1. The van der Waals surface area contributed by atoms with Crippen molar-refractivity contribution in [3.8, 4) is 44.8 Å². The molecule has 0 aliphatic heterocycles. The molecular formula is C54H35N3. The van der Waals surface area contributed by atoms with Gasteiger partial charge in [0, 0.05) is 54.8 Å². The Morgan fingerprint density at radius 1 is 0.281 bits per heavy atom. The maximum Gasteiger partial charge on any atom is 0.0544 e. The zero-order valence-electron chi connectivity index (χ0n) is 31.0. The summed E-state index contributed by atoms with van der Waals surface area (Å²) < 4.78 is 4.75. The molecule has 9 aromatic carbocycles. The lowest BCUT2D eigenvalue weighted by molar-refractivity contribution is 1.18. The highest BCUT2D eigenvalue weighted by Crippen LogP contribution is 2.40. The van der Waals surface area contributed by atoms with Crippen LogP contribution >= 0.6 is 0 Å². The molecule has 3 heteroatoms. The van der Waals surface area contributed by atoms with E-state index < -0.39 is 0 Å². The highest BCUT2D eigenvalue weighted by molar-refractivity contribution is 6.14. The number of para-hydroxylation sites is 5. The van der Waals surface area contributed by atoms with E-state index in [1.807, 2.05) is 0 Å². The van der Waals surface area contributed by atoms with Crippen molar-refractivity contribution in [3.05, 3.63) is 206 Å². The zero-order chi connectivity index (χ0) is 37.5. The molecule has 12 aromatic rings.